The van der Waals surface area contributed by atoms with Crippen molar-refractivity contribution in [3.8, 4) is 5.75 Å². The van der Waals surface area contributed by atoms with Gasteiger partial charge in [0.2, 0.25) is 5.78 Å². The number of rotatable bonds is 4. The van der Waals surface area contributed by atoms with Crippen LogP contribution in [0.15, 0.2) is 36.4 Å². The lowest BCUT2D eigenvalue weighted by Gasteiger charge is -2.15. The average Bonchev–Trinajstić information content (AvgIpc) is 2.44. The van der Waals surface area contributed by atoms with Gasteiger partial charge in [-0.15, -0.1) is 0 Å². The molecule has 0 N–H and O–H groups in total. The molecule has 1 unspecified atom stereocenters. The molecular formula is C18H19ClO2. The molecule has 3 heteroatoms. The highest BCUT2D eigenvalue weighted by atomic mass is 35.5. The molecule has 0 aliphatic heterocycles. The smallest absolute Gasteiger partial charge is 0.202 e. The largest absolute Gasteiger partial charge is 0.483 e. The second-order valence-electron chi connectivity index (χ2n) is 5.36. The number of ketones is 1. The Balaban J connectivity index is 2.16. The molecule has 21 heavy (non-hydrogen) atoms. The Morgan fingerprint density at radius 3 is 2.10 bits per heavy atom. The summed E-state index contributed by atoms with van der Waals surface area (Å²) in [7, 11) is 0. The van der Waals surface area contributed by atoms with E-state index in [4.69, 9.17) is 16.3 Å². The Kier molecular flexibility index (Phi) is 4.69. The molecule has 2 rings (SSSR count). The minimum Gasteiger partial charge on any atom is -0.483 e. The predicted molar refractivity (Wildman–Crippen MR) is 86.5 cm³/mol. The number of benzene rings is 2. The third-order valence-corrected chi connectivity index (χ3v) is 4.02. The summed E-state index contributed by atoms with van der Waals surface area (Å²) < 4.78 is 5.77. The fourth-order valence-electron chi connectivity index (χ4n) is 2.18. The van der Waals surface area contributed by atoms with Gasteiger partial charge in [0.15, 0.2) is 6.10 Å². The summed E-state index contributed by atoms with van der Waals surface area (Å²) in [5.41, 5.74) is 3.68. The van der Waals surface area contributed by atoms with Crippen LogP contribution in [0.4, 0.5) is 0 Å². The normalized spacial score (nSPS) is 12.0. The molecule has 2 aromatic rings. The van der Waals surface area contributed by atoms with Gasteiger partial charge >= 0.3 is 0 Å². The number of hydrogen-bond acceptors (Lipinski definition) is 2. The second kappa shape index (κ2) is 6.31. The summed E-state index contributed by atoms with van der Waals surface area (Å²) in [6.07, 6.45) is -0.535. The van der Waals surface area contributed by atoms with E-state index in [9.17, 15) is 4.79 Å². The molecule has 0 aliphatic carbocycles. The molecule has 0 saturated heterocycles. The van der Waals surface area contributed by atoms with E-state index >= 15 is 0 Å². The van der Waals surface area contributed by atoms with Crippen LogP contribution in [0.25, 0.3) is 0 Å². The Morgan fingerprint density at radius 2 is 1.57 bits per heavy atom. The van der Waals surface area contributed by atoms with Gasteiger partial charge in [0.05, 0.1) is 0 Å². The number of carbonyl (C=O) groups excluding carboxylic acids is 1. The van der Waals surface area contributed by atoms with E-state index in [1.807, 2.05) is 57.2 Å². The maximum Gasteiger partial charge on any atom is 0.202 e. The minimum atomic E-state index is -0.535. The summed E-state index contributed by atoms with van der Waals surface area (Å²) in [6.45, 7) is 7.61. The molecule has 1 atom stereocenters. The molecule has 2 aromatic carbocycles. The van der Waals surface area contributed by atoms with Gasteiger partial charge in [-0.3, -0.25) is 4.79 Å². The number of Topliss-reactive ketones (excluding diaryl/α,β-unsaturated/α-hetero) is 1. The lowest BCUT2D eigenvalue weighted by molar-refractivity contribution is 0.0818. The Morgan fingerprint density at radius 1 is 1.05 bits per heavy atom. The van der Waals surface area contributed by atoms with Gasteiger partial charge in [-0.05, 0) is 51.0 Å². The highest BCUT2D eigenvalue weighted by molar-refractivity contribution is 6.32. The van der Waals surface area contributed by atoms with Crippen LogP contribution in [0, 0.1) is 20.8 Å². The van der Waals surface area contributed by atoms with Crippen molar-refractivity contribution in [2.24, 2.45) is 0 Å². The van der Waals surface area contributed by atoms with Gasteiger partial charge in [-0.25, -0.2) is 0 Å². The van der Waals surface area contributed by atoms with Crippen molar-refractivity contribution in [3.63, 3.8) is 0 Å². The highest BCUT2D eigenvalue weighted by Gasteiger charge is 2.17. The van der Waals surface area contributed by atoms with Crippen LogP contribution >= 0.6 is 11.6 Å². The van der Waals surface area contributed by atoms with Gasteiger partial charge < -0.3 is 4.74 Å². The molecule has 0 aromatic heterocycles. The fraction of sp³-hybridized carbons (Fsp3) is 0.278. The lowest BCUT2D eigenvalue weighted by atomic mass is 10.1. The van der Waals surface area contributed by atoms with Gasteiger partial charge in [0.1, 0.15) is 5.75 Å². The van der Waals surface area contributed by atoms with Crippen molar-refractivity contribution in [1.82, 2.24) is 0 Å². The van der Waals surface area contributed by atoms with Crippen LogP contribution in [0.2, 0.25) is 5.02 Å². The monoisotopic (exact) mass is 302 g/mol. The number of aryl methyl sites for hydroxylation is 3. The van der Waals surface area contributed by atoms with E-state index in [1.54, 1.807) is 6.92 Å². The van der Waals surface area contributed by atoms with Gasteiger partial charge in [0.25, 0.3) is 0 Å². The van der Waals surface area contributed by atoms with Crippen molar-refractivity contribution in [2.75, 3.05) is 0 Å². The van der Waals surface area contributed by atoms with Crippen LogP contribution in [0.1, 0.15) is 34.0 Å². The first kappa shape index (κ1) is 15.6. The average molecular weight is 303 g/mol. The topological polar surface area (TPSA) is 26.3 Å². The number of hydrogen-bond donors (Lipinski definition) is 0. The van der Waals surface area contributed by atoms with Crippen LogP contribution in [0.3, 0.4) is 0 Å². The Bertz CT molecular complexity index is 636. The van der Waals surface area contributed by atoms with Crippen molar-refractivity contribution in [3.05, 3.63) is 63.7 Å². The molecule has 110 valence electrons. The van der Waals surface area contributed by atoms with Crippen molar-refractivity contribution < 1.29 is 9.53 Å². The first-order chi connectivity index (χ1) is 9.88. The maximum atomic E-state index is 12.3. The minimum absolute atomic E-state index is 0.0275. The third-order valence-electron chi connectivity index (χ3n) is 3.43. The molecular weight excluding hydrogens is 284 g/mol. The summed E-state index contributed by atoms with van der Waals surface area (Å²) in [5.74, 6) is 0.641. The second-order valence-corrected chi connectivity index (χ2v) is 5.74. The fourth-order valence-corrected chi connectivity index (χ4v) is 2.29. The molecule has 0 aliphatic rings. The highest BCUT2D eigenvalue weighted by Crippen LogP contribution is 2.26. The van der Waals surface area contributed by atoms with Crippen molar-refractivity contribution in [2.45, 2.75) is 33.8 Å². The van der Waals surface area contributed by atoms with Gasteiger partial charge in [0, 0.05) is 10.6 Å². The quantitative estimate of drug-likeness (QED) is 0.750. The molecule has 0 spiro atoms. The van der Waals surface area contributed by atoms with Crippen LogP contribution in [-0.4, -0.2) is 11.9 Å². The molecule has 2 nitrogen and oxygen atoms in total. The molecule has 0 radical (unpaired) electrons. The Hall–Kier alpha value is -1.80. The molecule has 0 heterocycles. The molecule has 0 saturated carbocycles. The van der Waals surface area contributed by atoms with Crippen molar-refractivity contribution >= 4 is 17.4 Å². The first-order valence-electron chi connectivity index (χ1n) is 6.93. The molecule has 0 amide bonds. The van der Waals surface area contributed by atoms with E-state index in [2.05, 4.69) is 0 Å². The van der Waals surface area contributed by atoms with Crippen LogP contribution in [0.5, 0.6) is 5.75 Å². The summed E-state index contributed by atoms with van der Waals surface area (Å²) in [5, 5.41) is 0.736. The molecule has 0 fully saturated rings. The van der Waals surface area contributed by atoms with Gasteiger partial charge in [-0.2, -0.15) is 0 Å². The zero-order valence-electron chi connectivity index (χ0n) is 12.7. The number of ether oxygens (including phenoxy) is 1. The van der Waals surface area contributed by atoms with E-state index < -0.39 is 6.10 Å². The zero-order chi connectivity index (χ0) is 15.6. The van der Waals surface area contributed by atoms with E-state index in [0.717, 1.165) is 21.7 Å². The first-order valence-corrected chi connectivity index (χ1v) is 7.30. The Labute approximate surface area is 130 Å². The lowest BCUT2D eigenvalue weighted by Crippen LogP contribution is -2.24. The third kappa shape index (κ3) is 3.64. The summed E-state index contributed by atoms with van der Waals surface area (Å²) >= 11 is 6.14. The summed E-state index contributed by atoms with van der Waals surface area (Å²) in [4.78, 5) is 12.3. The predicted octanol–water partition coefficient (Wildman–Crippen LogP) is 4.92. The SMILES string of the molecule is Cc1ccc(C(=O)C(C)Oc2cc(C)c(Cl)c(C)c2)cc1. The van der Waals surface area contributed by atoms with E-state index in [-0.39, 0.29) is 5.78 Å². The standard InChI is InChI=1S/C18H19ClO2/c1-11-5-7-15(8-6-11)18(20)14(4)21-16-9-12(2)17(19)13(3)10-16/h5-10,14H,1-4H3. The van der Waals surface area contributed by atoms with Crippen LogP contribution in [-0.2, 0) is 0 Å². The van der Waals surface area contributed by atoms with E-state index in [0.29, 0.717) is 11.3 Å². The summed E-state index contributed by atoms with van der Waals surface area (Å²) in [6, 6.07) is 11.2. The maximum absolute atomic E-state index is 12.3. The zero-order valence-corrected chi connectivity index (χ0v) is 13.5. The number of halogens is 1. The van der Waals surface area contributed by atoms with E-state index in [1.165, 1.54) is 0 Å². The van der Waals surface area contributed by atoms with Crippen molar-refractivity contribution in [1.29, 1.82) is 0 Å². The van der Waals surface area contributed by atoms with Gasteiger partial charge in [-0.1, -0.05) is 41.4 Å². The number of carbonyl (C=O) groups is 1. The molecule has 0 bridgehead atoms. The van der Waals surface area contributed by atoms with Crippen LogP contribution < -0.4 is 4.74 Å².